The Hall–Kier alpha value is -3.36. The zero-order valence-corrected chi connectivity index (χ0v) is 14.1. The summed E-state index contributed by atoms with van der Waals surface area (Å²) >= 11 is 0. The Kier molecular flexibility index (Phi) is 6.17. The first-order chi connectivity index (χ1) is 12.7. The molecule has 0 atom stereocenters. The van der Waals surface area contributed by atoms with E-state index in [1.165, 1.54) is 54.4 Å². The number of ether oxygens (including phenoxy) is 1. The number of para-hydroxylation sites is 1. The third-order valence-electron chi connectivity index (χ3n) is 3.49. The van der Waals surface area contributed by atoms with Gasteiger partial charge in [0.1, 0.15) is 5.75 Å². The summed E-state index contributed by atoms with van der Waals surface area (Å²) < 4.78 is 40.2. The van der Waals surface area contributed by atoms with Gasteiger partial charge in [-0.2, -0.15) is 0 Å². The number of carbonyl (C=O) groups excluding carboxylic acids is 1. The van der Waals surface area contributed by atoms with Crippen LogP contribution in [0.25, 0.3) is 6.08 Å². The largest absolute Gasteiger partial charge is 0.573 e. The number of likely N-dealkylation sites (N-methyl/N-ethyl adjacent to an activating group) is 1. The van der Waals surface area contributed by atoms with E-state index < -0.39 is 17.2 Å². The Morgan fingerprint density at radius 3 is 2.41 bits per heavy atom. The van der Waals surface area contributed by atoms with E-state index in [0.29, 0.717) is 5.56 Å². The molecule has 0 fully saturated rings. The van der Waals surface area contributed by atoms with Crippen molar-refractivity contribution in [3.63, 3.8) is 0 Å². The molecule has 0 unspecified atom stereocenters. The average Bonchev–Trinajstić information content (AvgIpc) is 2.60. The Bertz CT molecular complexity index is 848. The van der Waals surface area contributed by atoms with Crippen LogP contribution in [-0.4, -0.2) is 29.1 Å². The second-order valence-corrected chi connectivity index (χ2v) is 5.54. The number of nitrogens with zero attached hydrogens (tertiary/aromatic N) is 2. The molecule has 9 heteroatoms. The monoisotopic (exact) mass is 380 g/mol. The fraction of sp³-hybridized carbons (Fsp3) is 0.167. The first-order valence-electron chi connectivity index (χ1n) is 7.67. The summed E-state index contributed by atoms with van der Waals surface area (Å²) in [7, 11) is 1.51. The second kappa shape index (κ2) is 8.35. The van der Waals surface area contributed by atoms with E-state index in [-0.39, 0.29) is 23.5 Å². The highest BCUT2D eigenvalue weighted by Gasteiger charge is 2.30. The first kappa shape index (κ1) is 20.0. The van der Waals surface area contributed by atoms with E-state index in [1.807, 2.05) is 0 Å². The molecule has 0 aliphatic carbocycles. The Balaban J connectivity index is 2.01. The first-order valence-corrected chi connectivity index (χ1v) is 7.67. The zero-order chi connectivity index (χ0) is 20.0. The van der Waals surface area contributed by atoms with Crippen LogP contribution in [0.1, 0.15) is 11.1 Å². The van der Waals surface area contributed by atoms with Gasteiger partial charge >= 0.3 is 6.36 Å². The van der Waals surface area contributed by atoms with Gasteiger partial charge in [-0.15, -0.1) is 13.2 Å². The zero-order valence-electron chi connectivity index (χ0n) is 14.1. The van der Waals surface area contributed by atoms with Crippen molar-refractivity contribution in [2.24, 2.45) is 0 Å². The maximum Gasteiger partial charge on any atom is 0.573 e. The van der Waals surface area contributed by atoms with Crippen LogP contribution in [0.4, 0.5) is 18.9 Å². The fourth-order valence-electron chi connectivity index (χ4n) is 2.23. The van der Waals surface area contributed by atoms with Gasteiger partial charge in [0.25, 0.3) is 5.69 Å². The molecule has 0 radical (unpaired) electrons. The molecular weight excluding hydrogens is 365 g/mol. The summed E-state index contributed by atoms with van der Waals surface area (Å²) in [5.74, 6) is -0.764. The molecule has 0 aliphatic heterocycles. The Morgan fingerprint density at radius 2 is 1.81 bits per heavy atom. The molecule has 1 amide bonds. The van der Waals surface area contributed by atoms with Gasteiger partial charge in [-0.05, 0) is 29.8 Å². The molecule has 0 bridgehead atoms. The number of halogens is 3. The molecular formula is C18H15F3N2O4. The molecule has 2 rings (SSSR count). The highest BCUT2D eigenvalue weighted by atomic mass is 19.4. The summed E-state index contributed by atoms with van der Waals surface area (Å²) in [5.41, 5.74) is 0.766. The van der Waals surface area contributed by atoms with E-state index in [0.717, 1.165) is 12.1 Å². The standard InChI is InChI=1S/C18H15F3N2O4/c1-22(12-13-6-9-15(10-7-13)27-18(19,20)21)17(24)11-8-14-4-2-3-5-16(14)23(25)26/h2-11H,12H2,1H3. The minimum atomic E-state index is -4.76. The lowest BCUT2D eigenvalue weighted by atomic mass is 10.1. The number of benzene rings is 2. The molecule has 0 saturated heterocycles. The lowest BCUT2D eigenvalue weighted by Crippen LogP contribution is -2.24. The molecule has 27 heavy (non-hydrogen) atoms. The van der Waals surface area contributed by atoms with Gasteiger partial charge in [0.15, 0.2) is 0 Å². The number of alkyl halides is 3. The predicted molar refractivity (Wildman–Crippen MR) is 91.7 cm³/mol. The highest BCUT2D eigenvalue weighted by molar-refractivity contribution is 5.92. The maximum atomic E-state index is 12.2. The molecule has 6 nitrogen and oxygen atoms in total. The summed E-state index contributed by atoms with van der Waals surface area (Å²) in [6, 6.07) is 11.1. The van der Waals surface area contributed by atoms with Gasteiger partial charge in [-0.25, -0.2) is 0 Å². The summed E-state index contributed by atoms with van der Waals surface area (Å²) in [6.07, 6.45) is -2.22. The van der Waals surface area contributed by atoms with Gasteiger partial charge in [-0.1, -0.05) is 24.3 Å². The quantitative estimate of drug-likeness (QED) is 0.428. The van der Waals surface area contributed by atoms with Crippen LogP contribution in [0.3, 0.4) is 0 Å². The van der Waals surface area contributed by atoms with Crippen LogP contribution in [0.2, 0.25) is 0 Å². The summed E-state index contributed by atoms with van der Waals surface area (Å²) in [6.45, 7) is 0.145. The third-order valence-corrected chi connectivity index (χ3v) is 3.49. The van der Waals surface area contributed by atoms with Crippen molar-refractivity contribution in [2.45, 2.75) is 12.9 Å². The lowest BCUT2D eigenvalue weighted by Gasteiger charge is -2.16. The molecule has 0 saturated carbocycles. The Labute approximate surface area is 152 Å². The summed E-state index contributed by atoms with van der Waals surface area (Å²) in [4.78, 5) is 23.9. The maximum absolute atomic E-state index is 12.2. The second-order valence-electron chi connectivity index (χ2n) is 5.54. The van der Waals surface area contributed by atoms with Crippen molar-refractivity contribution in [2.75, 3.05) is 7.05 Å². The van der Waals surface area contributed by atoms with E-state index in [9.17, 15) is 28.1 Å². The SMILES string of the molecule is CN(Cc1ccc(OC(F)(F)F)cc1)C(=O)C=Cc1ccccc1[N+](=O)[O-]. The van der Waals surface area contributed by atoms with Gasteiger partial charge in [-0.3, -0.25) is 14.9 Å². The Morgan fingerprint density at radius 1 is 1.19 bits per heavy atom. The van der Waals surface area contributed by atoms with Crippen LogP contribution in [-0.2, 0) is 11.3 Å². The normalized spacial score (nSPS) is 11.4. The number of amides is 1. The van der Waals surface area contributed by atoms with Crippen molar-refractivity contribution in [3.8, 4) is 5.75 Å². The van der Waals surface area contributed by atoms with E-state index >= 15 is 0 Å². The van der Waals surface area contributed by atoms with Gasteiger partial charge < -0.3 is 9.64 Å². The highest BCUT2D eigenvalue weighted by Crippen LogP contribution is 2.23. The van der Waals surface area contributed by atoms with Crippen molar-refractivity contribution in [3.05, 3.63) is 75.8 Å². The number of carbonyl (C=O) groups is 1. The number of rotatable bonds is 6. The number of nitro groups is 1. The molecule has 2 aromatic carbocycles. The number of hydrogen-bond donors (Lipinski definition) is 0. The molecule has 0 spiro atoms. The summed E-state index contributed by atoms with van der Waals surface area (Å²) in [5, 5.41) is 11.0. The number of hydrogen-bond acceptors (Lipinski definition) is 4. The van der Waals surface area contributed by atoms with Crippen molar-refractivity contribution < 1.29 is 27.6 Å². The molecule has 142 valence electrons. The minimum Gasteiger partial charge on any atom is -0.406 e. The van der Waals surface area contributed by atoms with E-state index in [2.05, 4.69) is 4.74 Å². The molecule has 0 heterocycles. The fourth-order valence-corrected chi connectivity index (χ4v) is 2.23. The molecule has 2 aromatic rings. The predicted octanol–water partition coefficient (Wildman–Crippen LogP) is 4.17. The number of nitro benzene ring substituents is 1. The van der Waals surface area contributed by atoms with E-state index in [4.69, 9.17) is 0 Å². The van der Waals surface area contributed by atoms with Crippen molar-refractivity contribution in [1.29, 1.82) is 0 Å². The van der Waals surface area contributed by atoms with Gasteiger partial charge in [0.2, 0.25) is 5.91 Å². The molecule has 0 aromatic heterocycles. The third kappa shape index (κ3) is 6.14. The van der Waals surface area contributed by atoms with Crippen LogP contribution in [0, 0.1) is 10.1 Å². The molecule has 0 N–H and O–H groups in total. The van der Waals surface area contributed by atoms with Gasteiger partial charge in [0.05, 0.1) is 10.5 Å². The smallest absolute Gasteiger partial charge is 0.406 e. The van der Waals surface area contributed by atoms with Crippen LogP contribution < -0.4 is 4.74 Å². The van der Waals surface area contributed by atoms with Crippen LogP contribution >= 0.6 is 0 Å². The van der Waals surface area contributed by atoms with Crippen LogP contribution in [0.15, 0.2) is 54.6 Å². The van der Waals surface area contributed by atoms with E-state index in [1.54, 1.807) is 6.07 Å². The van der Waals surface area contributed by atoms with Gasteiger partial charge in [0, 0.05) is 25.7 Å². The van der Waals surface area contributed by atoms with Crippen LogP contribution in [0.5, 0.6) is 5.75 Å². The minimum absolute atomic E-state index is 0.121. The lowest BCUT2D eigenvalue weighted by molar-refractivity contribution is -0.385. The average molecular weight is 380 g/mol. The van der Waals surface area contributed by atoms with Crippen molar-refractivity contribution >= 4 is 17.7 Å². The topological polar surface area (TPSA) is 72.7 Å². The van der Waals surface area contributed by atoms with Crippen molar-refractivity contribution in [1.82, 2.24) is 4.90 Å². The molecule has 0 aliphatic rings.